The van der Waals surface area contributed by atoms with Crippen LogP contribution in [0.15, 0.2) is 18.2 Å². The zero-order chi connectivity index (χ0) is 7.56. The number of rotatable bonds is 0. The molecule has 5 heteroatoms. The summed E-state index contributed by atoms with van der Waals surface area (Å²) in [5, 5.41) is 14.2. The van der Waals surface area contributed by atoms with Crippen molar-refractivity contribution in [2.24, 2.45) is 0 Å². The van der Waals surface area contributed by atoms with Gasteiger partial charge < -0.3 is 15.8 Å². The van der Waals surface area contributed by atoms with Crippen molar-refractivity contribution in [2.45, 2.75) is 0 Å². The minimum absolute atomic E-state index is 0. The lowest BCUT2D eigenvalue weighted by Gasteiger charge is -1.74. The molecule has 0 aliphatic heterocycles. The molecule has 2 aliphatic rings. The first-order chi connectivity index (χ1) is 4.79. The van der Waals surface area contributed by atoms with E-state index < -0.39 is 7.69 Å². The Bertz CT molecular complexity index is 244. The van der Waals surface area contributed by atoms with E-state index in [9.17, 15) is 0 Å². The fourth-order valence-corrected chi connectivity index (χ4v) is 0.777. The van der Waals surface area contributed by atoms with E-state index in [2.05, 4.69) is 6.07 Å². The van der Waals surface area contributed by atoms with Crippen molar-refractivity contribution >= 4 is 25.8 Å². The molecule has 0 saturated carbocycles. The molecule has 0 fully saturated rings. The van der Waals surface area contributed by atoms with E-state index in [4.69, 9.17) is 15.8 Å². The molecule has 0 spiro atoms. The van der Waals surface area contributed by atoms with Crippen LogP contribution in [0.2, 0.25) is 0 Å². The van der Waals surface area contributed by atoms with E-state index in [0.29, 0.717) is 0 Å². The highest BCUT2D eigenvalue weighted by molar-refractivity contribution is 6.13. The Kier molecular flexibility index (Phi) is 3.96. The van der Waals surface area contributed by atoms with E-state index in [-0.39, 0.29) is 12.4 Å². The number of anilines is 1. The van der Waals surface area contributed by atoms with Crippen LogP contribution in [-0.2, 0) is 0 Å². The summed E-state index contributed by atoms with van der Waals surface area (Å²) in [5.74, 6) is 0. The summed E-state index contributed by atoms with van der Waals surface area (Å²) in [6, 6.07) is 6.05. The van der Waals surface area contributed by atoms with Gasteiger partial charge in [0.2, 0.25) is 0 Å². The van der Waals surface area contributed by atoms with Crippen LogP contribution in [-0.4, -0.2) is 17.7 Å². The first-order valence-corrected chi connectivity index (χ1v) is 2.91. The molecule has 0 aromatic heterocycles. The van der Waals surface area contributed by atoms with E-state index in [1.165, 1.54) is 11.1 Å². The molecule has 0 radical (unpaired) electrons. The number of benzene rings is 1. The number of hydrogen-bond acceptors (Lipinski definition) is 3. The Balaban J connectivity index is 0.000000225. The van der Waals surface area contributed by atoms with Gasteiger partial charge in [-0.25, -0.2) is 0 Å². The largest absolute Gasteiger partial charge is 0.432 e. The maximum absolute atomic E-state index is 7.12. The molecule has 0 atom stereocenters. The van der Waals surface area contributed by atoms with Gasteiger partial charge in [0.15, 0.2) is 0 Å². The van der Waals surface area contributed by atoms with Crippen molar-refractivity contribution in [3.63, 3.8) is 0 Å². The molecule has 0 unspecified atom stereocenters. The van der Waals surface area contributed by atoms with Gasteiger partial charge in [-0.1, -0.05) is 6.07 Å². The lowest BCUT2D eigenvalue weighted by Crippen LogP contribution is -1.75. The molecule has 0 aromatic rings. The average Bonchev–Trinajstić information content (AvgIpc) is 2.57. The maximum atomic E-state index is 7.12. The van der Waals surface area contributed by atoms with Crippen molar-refractivity contribution in [1.82, 2.24) is 0 Å². The molecule has 2 aliphatic carbocycles. The first kappa shape index (κ1) is 10.3. The summed E-state index contributed by atoms with van der Waals surface area (Å²) >= 11 is 0. The van der Waals surface area contributed by atoms with E-state index in [1.54, 1.807) is 0 Å². The van der Waals surface area contributed by atoms with E-state index in [1.807, 2.05) is 12.1 Å². The summed E-state index contributed by atoms with van der Waals surface area (Å²) < 4.78 is 0. The van der Waals surface area contributed by atoms with Gasteiger partial charge in [-0.15, -0.1) is 12.4 Å². The van der Waals surface area contributed by atoms with Crippen molar-refractivity contribution < 1.29 is 10.0 Å². The molecule has 0 saturated heterocycles. The molecule has 11 heavy (non-hydrogen) atoms. The van der Waals surface area contributed by atoms with Crippen LogP contribution >= 0.6 is 12.4 Å². The average molecular weight is 173 g/mol. The molecule has 3 nitrogen and oxygen atoms in total. The van der Waals surface area contributed by atoms with Crippen molar-refractivity contribution in [2.75, 3.05) is 5.73 Å². The highest BCUT2D eigenvalue weighted by Crippen LogP contribution is 2.39. The van der Waals surface area contributed by atoms with E-state index >= 15 is 0 Å². The predicted octanol–water partition coefficient (Wildman–Crippen LogP) is -0.0915. The van der Waals surface area contributed by atoms with Gasteiger partial charge in [0.25, 0.3) is 0 Å². The van der Waals surface area contributed by atoms with Crippen molar-refractivity contribution in [3.05, 3.63) is 18.2 Å². The van der Waals surface area contributed by atoms with Gasteiger partial charge >= 0.3 is 7.69 Å². The Morgan fingerprint density at radius 1 is 1.27 bits per heavy atom. The fourth-order valence-electron chi connectivity index (χ4n) is 0.777. The summed E-state index contributed by atoms with van der Waals surface area (Å²) in [6.07, 6.45) is 0. The van der Waals surface area contributed by atoms with Gasteiger partial charge in [0.1, 0.15) is 0 Å². The first-order valence-electron chi connectivity index (χ1n) is 2.91. The summed E-state index contributed by atoms with van der Waals surface area (Å²) in [7, 11) is -0.750. The SMILES string of the molecule is Cl.Nc1ccc2cc1-2.OBO. The van der Waals surface area contributed by atoms with Crippen molar-refractivity contribution in [1.29, 1.82) is 0 Å². The topological polar surface area (TPSA) is 66.5 Å². The second kappa shape index (κ2) is 4.23. The number of nitrogen functional groups attached to an aromatic ring is 1. The number of nitrogens with two attached hydrogens (primary N) is 1. The minimum atomic E-state index is -0.750. The Morgan fingerprint density at radius 2 is 1.82 bits per heavy atom. The zero-order valence-electron chi connectivity index (χ0n) is 5.82. The van der Waals surface area contributed by atoms with Gasteiger partial charge in [-0.05, 0) is 17.7 Å². The standard InChI is InChI=1S/C6H5N.BH3O2.ClH/c7-6-2-1-4-3-5(4)6;2-1-3;/h1-3H,7H2;1-3H;1H. The molecule has 0 aromatic carbocycles. The van der Waals surface area contributed by atoms with Gasteiger partial charge in [0.05, 0.1) is 0 Å². The lowest BCUT2D eigenvalue weighted by atomic mass is 10.5. The summed E-state index contributed by atoms with van der Waals surface area (Å²) in [6.45, 7) is 0. The summed E-state index contributed by atoms with van der Waals surface area (Å²) in [5.41, 5.74) is 8.95. The molecule has 60 valence electrons. The Labute approximate surface area is 71.6 Å². The smallest absolute Gasteiger partial charge is 0.430 e. The van der Waals surface area contributed by atoms with Gasteiger partial charge in [-0.2, -0.15) is 0 Å². The van der Waals surface area contributed by atoms with Gasteiger partial charge in [0, 0.05) is 11.3 Å². The third kappa shape index (κ3) is 2.42. The molecule has 4 N–H and O–H groups in total. The van der Waals surface area contributed by atoms with Gasteiger partial charge in [-0.3, -0.25) is 0 Å². The van der Waals surface area contributed by atoms with Crippen LogP contribution in [0.3, 0.4) is 0 Å². The van der Waals surface area contributed by atoms with Crippen LogP contribution in [0.4, 0.5) is 5.69 Å². The lowest BCUT2D eigenvalue weighted by molar-refractivity contribution is 0.448. The maximum Gasteiger partial charge on any atom is 0.432 e. The third-order valence-corrected chi connectivity index (χ3v) is 1.28. The highest BCUT2D eigenvalue weighted by atomic mass is 35.5. The van der Waals surface area contributed by atoms with Crippen LogP contribution in [0, 0.1) is 0 Å². The highest BCUT2D eigenvalue weighted by Gasteiger charge is 2.13. The van der Waals surface area contributed by atoms with Crippen LogP contribution in [0.1, 0.15) is 0 Å². The number of hydrogen-bond donors (Lipinski definition) is 3. The molecule has 2 rings (SSSR count). The second-order valence-electron chi connectivity index (χ2n) is 1.94. The quantitative estimate of drug-likeness (QED) is 0.385. The molecular formula is C6H9BClNO2. The second-order valence-corrected chi connectivity index (χ2v) is 1.94. The Morgan fingerprint density at radius 3 is 1.91 bits per heavy atom. The molecular weight excluding hydrogens is 164 g/mol. The van der Waals surface area contributed by atoms with E-state index in [0.717, 1.165) is 5.69 Å². The molecule has 0 bridgehead atoms. The number of halogens is 1. The number of fused-ring (bicyclic) bond motifs is 1. The van der Waals surface area contributed by atoms with Crippen molar-refractivity contribution in [3.8, 4) is 11.1 Å². The molecule has 0 amide bonds. The normalized spacial score (nSPS) is 8.55. The molecule has 0 heterocycles. The minimum Gasteiger partial charge on any atom is -0.430 e. The Hall–Kier alpha value is -0.705. The van der Waals surface area contributed by atoms with Crippen LogP contribution in [0.5, 0.6) is 0 Å². The van der Waals surface area contributed by atoms with Crippen LogP contribution in [0.25, 0.3) is 11.1 Å². The monoisotopic (exact) mass is 173 g/mol. The summed E-state index contributed by atoms with van der Waals surface area (Å²) in [4.78, 5) is 0. The zero-order valence-corrected chi connectivity index (χ0v) is 6.64. The fraction of sp³-hybridized carbons (Fsp3) is 0. The van der Waals surface area contributed by atoms with Crippen LogP contribution < -0.4 is 5.73 Å². The third-order valence-electron chi connectivity index (χ3n) is 1.28. The predicted molar refractivity (Wildman–Crippen MR) is 48.7 cm³/mol.